The van der Waals surface area contributed by atoms with Crippen LogP contribution in [-0.4, -0.2) is 55.8 Å². The zero-order valence-electron chi connectivity index (χ0n) is 21.0. The number of carbonyl (C=O) groups is 1. The molecular formula is C29H40N4O2. The van der Waals surface area contributed by atoms with E-state index in [2.05, 4.69) is 45.1 Å². The van der Waals surface area contributed by atoms with Gasteiger partial charge in [0.15, 0.2) is 0 Å². The fourth-order valence-corrected chi connectivity index (χ4v) is 6.25. The molecule has 0 radical (unpaired) electrons. The summed E-state index contributed by atoms with van der Waals surface area (Å²) in [5.74, 6) is 1.12. The maximum atomic E-state index is 13.2. The van der Waals surface area contributed by atoms with Crippen LogP contribution in [0.4, 0.5) is 5.69 Å². The molecule has 0 aromatic heterocycles. The molecule has 188 valence electrons. The first-order chi connectivity index (χ1) is 17.2. The average molecular weight is 477 g/mol. The molecule has 0 bridgehead atoms. The van der Waals surface area contributed by atoms with Gasteiger partial charge in [0.25, 0.3) is 5.91 Å². The number of anilines is 1. The van der Waals surface area contributed by atoms with Crippen LogP contribution in [0.5, 0.6) is 5.75 Å². The standard InChI is InChI=1S/C29H40N4O2/c1-35-27-10-5-4-9-26(27)28(34)32-29(17-6-18-30-21-29)31-24-13-11-22(12-14-24)23-15-19-33(20-16-23)25-7-2-3-8-25/h4-5,9-14,23,25,30-31H,2-3,6-8,15-21H2,1H3,(H,32,34)/t29-/m1/s1. The summed E-state index contributed by atoms with van der Waals surface area (Å²) in [6.07, 6.45) is 9.99. The van der Waals surface area contributed by atoms with E-state index in [9.17, 15) is 4.79 Å². The number of rotatable bonds is 7. The number of para-hydroxylation sites is 1. The normalized spacial score (nSPS) is 24.3. The minimum Gasteiger partial charge on any atom is -0.496 e. The van der Waals surface area contributed by atoms with Crippen molar-refractivity contribution in [3.05, 3.63) is 59.7 Å². The highest BCUT2D eigenvalue weighted by Crippen LogP contribution is 2.33. The van der Waals surface area contributed by atoms with Gasteiger partial charge in [0.1, 0.15) is 11.4 Å². The van der Waals surface area contributed by atoms with E-state index >= 15 is 0 Å². The van der Waals surface area contributed by atoms with Crippen LogP contribution in [-0.2, 0) is 0 Å². The number of ether oxygens (including phenoxy) is 1. The molecule has 2 saturated heterocycles. The lowest BCUT2D eigenvalue weighted by Gasteiger charge is -2.40. The summed E-state index contributed by atoms with van der Waals surface area (Å²) >= 11 is 0. The molecule has 1 aliphatic carbocycles. The van der Waals surface area contributed by atoms with Gasteiger partial charge in [0, 0.05) is 18.3 Å². The van der Waals surface area contributed by atoms with Crippen molar-refractivity contribution in [3.63, 3.8) is 0 Å². The predicted molar refractivity (Wildman–Crippen MR) is 141 cm³/mol. The van der Waals surface area contributed by atoms with Crippen LogP contribution < -0.4 is 20.7 Å². The molecule has 3 N–H and O–H groups in total. The van der Waals surface area contributed by atoms with Gasteiger partial charge in [0.2, 0.25) is 0 Å². The summed E-state index contributed by atoms with van der Waals surface area (Å²) < 4.78 is 5.41. The lowest BCUT2D eigenvalue weighted by Crippen LogP contribution is -2.62. The van der Waals surface area contributed by atoms with Crippen LogP contribution in [0.2, 0.25) is 0 Å². The van der Waals surface area contributed by atoms with E-state index in [4.69, 9.17) is 4.74 Å². The van der Waals surface area contributed by atoms with Crippen molar-refractivity contribution in [2.75, 3.05) is 38.6 Å². The van der Waals surface area contributed by atoms with Gasteiger partial charge in [-0.05, 0) is 93.9 Å². The third-order valence-electron chi connectivity index (χ3n) is 8.22. The van der Waals surface area contributed by atoms with Crippen molar-refractivity contribution < 1.29 is 9.53 Å². The lowest BCUT2D eigenvalue weighted by molar-refractivity contribution is 0.0892. The summed E-state index contributed by atoms with van der Waals surface area (Å²) in [7, 11) is 1.60. The van der Waals surface area contributed by atoms with Gasteiger partial charge < -0.3 is 25.6 Å². The maximum absolute atomic E-state index is 13.2. The highest BCUT2D eigenvalue weighted by atomic mass is 16.5. The van der Waals surface area contributed by atoms with Gasteiger partial charge in [-0.1, -0.05) is 37.1 Å². The fraction of sp³-hybridized carbons (Fsp3) is 0.552. The monoisotopic (exact) mass is 476 g/mol. The molecule has 0 spiro atoms. The molecule has 2 aromatic rings. The van der Waals surface area contributed by atoms with Gasteiger partial charge in [-0.3, -0.25) is 4.79 Å². The van der Waals surface area contributed by atoms with Crippen molar-refractivity contribution in [1.82, 2.24) is 15.5 Å². The van der Waals surface area contributed by atoms with Crippen LogP contribution in [0.15, 0.2) is 48.5 Å². The molecule has 35 heavy (non-hydrogen) atoms. The number of likely N-dealkylation sites (tertiary alicyclic amines) is 1. The van der Waals surface area contributed by atoms with Crippen LogP contribution in [0, 0.1) is 0 Å². The minimum atomic E-state index is -0.537. The molecule has 2 aromatic carbocycles. The van der Waals surface area contributed by atoms with Gasteiger partial charge in [-0.2, -0.15) is 0 Å². The number of hydrogen-bond acceptors (Lipinski definition) is 5. The number of carbonyl (C=O) groups excluding carboxylic acids is 1. The zero-order chi connectivity index (χ0) is 24.1. The second-order valence-electron chi connectivity index (χ2n) is 10.5. The Balaban J connectivity index is 1.23. The number of amides is 1. The molecule has 6 heteroatoms. The molecule has 5 rings (SSSR count). The highest BCUT2D eigenvalue weighted by Gasteiger charge is 2.34. The summed E-state index contributed by atoms with van der Waals surface area (Å²) in [4.78, 5) is 15.9. The second-order valence-corrected chi connectivity index (χ2v) is 10.5. The first-order valence-corrected chi connectivity index (χ1v) is 13.4. The predicted octanol–water partition coefficient (Wildman–Crippen LogP) is 4.74. The molecule has 1 saturated carbocycles. The smallest absolute Gasteiger partial charge is 0.256 e. The average Bonchev–Trinajstić information content (AvgIpc) is 3.45. The van der Waals surface area contributed by atoms with E-state index in [1.807, 2.05) is 24.3 Å². The van der Waals surface area contributed by atoms with E-state index in [0.29, 0.717) is 23.8 Å². The molecule has 3 fully saturated rings. The van der Waals surface area contributed by atoms with E-state index in [-0.39, 0.29) is 5.91 Å². The largest absolute Gasteiger partial charge is 0.496 e. The summed E-state index contributed by atoms with van der Waals surface area (Å²) in [6.45, 7) is 4.11. The van der Waals surface area contributed by atoms with Crippen LogP contribution in [0.1, 0.15) is 73.2 Å². The molecule has 2 heterocycles. The zero-order valence-corrected chi connectivity index (χ0v) is 21.0. The lowest BCUT2D eigenvalue weighted by atomic mass is 9.88. The van der Waals surface area contributed by atoms with Crippen LogP contribution >= 0.6 is 0 Å². The van der Waals surface area contributed by atoms with Gasteiger partial charge in [0.05, 0.1) is 12.7 Å². The molecular weight excluding hydrogens is 436 g/mol. The van der Waals surface area contributed by atoms with E-state index in [1.54, 1.807) is 7.11 Å². The highest BCUT2D eigenvalue weighted by molar-refractivity contribution is 5.97. The number of nitrogens with zero attached hydrogens (tertiary/aromatic N) is 1. The number of piperidine rings is 2. The van der Waals surface area contributed by atoms with Crippen molar-refractivity contribution in [1.29, 1.82) is 0 Å². The first kappa shape index (κ1) is 24.1. The summed E-state index contributed by atoms with van der Waals surface area (Å²) in [6, 6.07) is 17.2. The number of benzene rings is 2. The topological polar surface area (TPSA) is 65.6 Å². The van der Waals surface area contributed by atoms with Crippen molar-refractivity contribution in [3.8, 4) is 5.75 Å². The van der Waals surface area contributed by atoms with E-state index in [1.165, 1.54) is 57.2 Å². The Morgan fingerprint density at radius 3 is 2.43 bits per heavy atom. The summed E-state index contributed by atoms with van der Waals surface area (Å²) in [5.41, 5.74) is 2.50. The first-order valence-electron chi connectivity index (χ1n) is 13.4. The Morgan fingerprint density at radius 2 is 1.74 bits per heavy atom. The molecule has 3 aliphatic rings. The molecule has 1 amide bonds. The van der Waals surface area contributed by atoms with Crippen molar-refractivity contribution in [2.45, 2.75) is 69.0 Å². The van der Waals surface area contributed by atoms with Gasteiger partial charge >= 0.3 is 0 Å². The molecule has 0 unspecified atom stereocenters. The number of hydrogen-bond donors (Lipinski definition) is 3. The van der Waals surface area contributed by atoms with Gasteiger partial charge in [-0.15, -0.1) is 0 Å². The number of methoxy groups -OCH3 is 1. The SMILES string of the molecule is COc1ccccc1C(=O)N[C@]1(Nc2ccc(C3CCN(C4CCCC4)CC3)cc2)CCCNC1. The summed E-state index contributed by atoms with van der Waals surface area (Å²) in [5, 5.41) is 10.4. The Bertz CT molecular complexity index is 972. The van der Waals surface area contributed by atoms with Crippen molar-refractivity contribution >= 4 is 11.6 Å². The molecule has 1 atom stereocenters. The van der Waals surface area contributed by atoms with Crippen LogP contribution in [0.3, 0.4) is 0 Å². The Kier molecular flexibility index (Phi) is 7.59. The molecule has 6 nitrogen and oxygen atoms in total. The van der Waals surface area contributed by atoms with E-state index < -0.39 is 5.66 Å². The van der Waals surface area contributed by atoms with Crippen molar-refractivity contribution in [2.24, 2.45) is 0 Å². The maximum Gasteiger partial charge on any atom is 0.256 e. The fourth-order valence-electron chi connectivity index (χ4n) is 6.25. The Morgan fingerprint density at radius 1 is 1.00 bits per heavy atom. The second kappa shape index (κ2) is 11.0. The Hall–Kier alpha value is -2.57. The third kappa shape index (κ3) is 5.65. The Labute approximate surface area is 209 Å². The minimum absolute atomic E-state index is 0.121. The quantitative estimate of drug-likeness (QED) is 0.504. The third-order valence-corrected chi connectivity index (χ3v) is 8.22. The number of nitrogens with one attached hydrogen (secondary N) is 3. The van der Waals surface area contributed by atoms with Gasteiger partial charge in [-0.25, -0.2) is 0 Å². The molecule has 2 aliphatic heterocycles. The van der Waals surface area contributed by atoms with E-state index in [0.717, 1.165) is 31.1 Å². The van der Waals surface area contributed by atoms with Crippen LogP contribution in [0.25, 0.3) is 0 Å².